The molecule has 114 valence electrons. The molecule has 0 bridgehead atoms. The van der Waals surface area contributed by atoms with Crippen molar-refractivity contribution in [1.29, 1.82) is 0 Å². The maximum atomic E-state index is 11.3. The van der Waals surface area contributed by atoms with Gasteiger partial charge in [0.1, 0.15) is 11.3 Å². The van der Waals surface area contributed by atoms with Gasteiger partial charge in [-0.15, -0.1) is 4.91 Å². The molecule has 0 spiro atoms. The van der Waals surface area contributed by atoms with E-state index < -0.39 is 5.97 Å². The van der Waals surface area contributed by atoms with Gasteiger partial charge in [-0.1, -0.05) is 12.1 Å². The van der Waals surface area contributed by atoms with Crippen molar-refractivity contribution >= 4 is 17.4 Å². The normalized spacial score (nSPS) is 13.2. The molecule has 23 heavy (non-hydrogen) atoms. The van der Waals surface area contributed by atoms with Crippen molar-refractivity contribution in [3.63, 3.8) is 0 Å². The Morgan fingerprint density at radius 1 is 1.17 bits per heavy atom. The van der Waals surface area contributed by atoms with Gasteiger partial charge in [0, 0.05) is 11.8 Å². The fourth-order valence-corrected chi connectivity index (χ4v) is 3.16. The molecule has 1 aliphatic rings. The van der Waals surface area contributed by atoms with E-state index >= 15 is 0 Å². The van der Waals surface area contributed by atoms with Crippen LogP contribution in [0.5, 0.6) is 0 Å². The molecule has 0 aliphatic heterocycles. The Morgan fingerprint density at radius 2 is 2.00 bits per heavy atom. The zero-order chi connectivity index (χ0) is 16.0. The summed E-state index contributed by atoms with van der Waals surface area (Å²) in [7, 11) is 0. The van der Waals surface area contributed by atoms with E-state index in [0.717, 1.165) is 24.8 Å². The number of aromatic nitrogens is 2. The molecule has 2 heterocycles. The molecule has 0 saturated heterocycles. The zero-order valence-corrected chi connectivity index (χ0v) is 12.2. The third kappa shape index (κ3) is 2.11. The second-order valence-corrected chi connectivity index (χ2v) is 5.66. The number of hydrogen-bond donors (Lipinski definition) is 1. The van der Waals surface area contributed by atoms with Crippen molar-refractivity contribution in [2.75, 3.05) is 0 Å². The van der Waals surface area contributed by atoms with E-state index in [4.69, 9.17) is 5.11 Å². The predicted molar refractivity (Wildman–Crippen MR) is 85.1 cm³/mol. The number of aromatic carboxylic acids is 1. The standard InChI is InChI=1S/C17H13N3O3/c21-17(22)13-6-7-20-14(9-13)18-15(16(20)19-23)12-5-4-10-2-1-3-11(10)8-12/h4-9H,1-3H2,(H,21,22). The van der Waals surface area contributed by atoms with E-state index in [-0.39, 0.29) is 11.4 Å². The van der Waals surface area contributed by atoms with Crippen molar-refractivity contribution in [3.05, 3.63) is 58.1 Å². The second-order valence-electron chi connectivity index (χ2n) is 5.66. The number of hydrogen-bond acceptors (Lipinski definition) is 4. The molecule has 0 amide bonds. The van der Waals surface area contributed by atoms with Crippen molar-refractivity contribution in [2.45, 2.75) is 19.3 Å². The van der Waals surface area contributed by atoms with E-state index in [9.17, 15) is 9.70 Å². The highest BCUT2D eigenvalue weighted by Crippen LogP contribution is 2.34. The number of nitrogens with zero attached hydrogens (tertiary/aromatic N) is 3. The van der Waals surface area contributed by atoms with Crippen LogP contribution in [0.4, 0.5) is 5.82 Å². The first-order chi connectivity index (χ1) is 11.2. The molecule has 6 nitrogen and oxygen atoms in total. The number of nitroso groups, excluding NO2 is 1. The molecule has 3 aromatic rings. The van der Waals surface area contributed by atoms with Gasteiger partial charge in [0.25, 0.3) is 0 Å². The van der Waals surface area contributed by atoms with Crippen LogP contribution < -0.4 is 0 Å². The van der Waals surface area contributed by atoms with Crippen molar-refractivity contribution < 1.29 is 9.90 Å². The van der Waals surface area contributed by atoms with E-state index in [1.165, 1.54) is 33.9 Å². The Labute approximate surface area is 131 Å². The third-order valence-electron chi connectivity index (χ3n) is 4.31. The van der Waals surface area contributed by atoms with E-state index in [1.807, 2.05) is 6.07 Å². The van der Waals surface area contributed by atoms with Crippen molar-refractivity contribution in [1.82, 2.24) is 9.38 Å². The Kier molecular flexibility index (Phi) is 2.97. The first-order valence-electron chi connectivity index (χ1n) is 7.38. The van der Waals surface area contributed by atoms with Crippen LogP contribution in [0.15, 0.2) is 41.7 Å². The van der Waals surface area contributed by atoms with Crippen LogP contribution in [0.3, 0.4) is 0 Å². The number of carboxylic acid groups (broad SMARTS) is 1. The number of carboxylic acids is 1. The third-order valence-corrected chi connectivity index (χ3v) is 4.31. The summed E-state index contributed by atoms with van der Waals surface area (Å²) in [5, 5.41) is 12.2. The summed E-state index contributed by atoms with van der Waals surface area (Å²) in [4.78, 5) is 26.8. The highest BCUT2D eigenvalue weighted by molar-refractivity contribution is 5.89. The van der Waals surface area contributed by atoms with Gasteiger partial charge in [-0.05, 0) is 53.8 Å². The van der Waals surface area contributed by atoms with Crippen LogP contribution in [0.1, 0.15) is 27.9 Å². The fourth-order valence-electron chi connectivity index (χ4n) is 3.16. The number of fused-ring (bicyclic) bond motifs is 2. The largest absolute Gasteiger partial charge is 0.478 e. The molecule has 6 heteroatoms. The van der Waals surface area contributed by atoms with Crippen molar-refractivity contribution in [2.24, 2.45) is 5.18 Å². The lowest BCUT2D eigenvalue weighted by Crippen LogP contribution is -1.97. The second kappa shape index (κ2) is 5.01. The minimum absolute atomic E-state index is 0.125. The number of imidazole rings is 1. The Morgan fingerprint density at radius 3 is 2.78 bits per heavy atom. The average molecular weight is 307 g/mol. The lowest BCUT2D eigenvalue weighted by molar-refractivity contribution is 0.0697. The number of carbonyl (C=O) groups is 1. The number of rotatable bonds is 3. The van der Waals surface area contributed by atoms with E-state index in [0.29, 0.717) is 11.3 Å². The maximum Gasteiger partial charge on any atom is 0.335 e. The first kappa shape index (κ1) is 13.6. The topological polar surface area (TPSA) is 84.0 Å². The van der Waals surface area contributed by atoms with Crippen LogP contribution in [-0.2, 0) is 12.8 Å². The molecule has 4 rings (SSSR count). The monoisotopic (exact) mass is 307 g/mol. The Hall–Kier alpha value is -3.02. The summed E-state index contributed by atoms with van der Waals surface area (Å²) in [6.07, 6.45) is 4.77. The lowest BCUT2D eigenvalue weighted by Gasteiger charge is -2.02. The molecule has 1 aromatic carbocycles. The van der Waals surface area contributed by atoms with Gasteiger partial charge < -0.3 is 5.11 Å². The lowest BCUT2D eigenvalue weighted by atomic mass is 10.0. The van der Waals surface area contributed by atoms with Crippen LogP contribution in [0.25, 0.3) is 16.9 Å². The summed E-state index contributed by atoms with van der Waals surface area (Å²) in [6, 6.07) is 8.93. The molecular weight excluding hydrogens is 294 g/mol. The summed E-state index contributed by atoms with van der Waals surface area (Å²) in [5.41, 5.74) is 4.46. The van der Waals surface area contributed by atoms with Gasteiger partial charge in [0.15, 0.2) is 0 Å². The van der Waals surface area contributed by atoms with Crippen molar-refractivity contribution in [3.8, 4) is 11.3 Å². The quantitative estimate of drug-likeness (QED) is 0.749. The summed E-state index contributed by atoms with van der Waals surface area (Å²) in [6.45, 7) is 0. The van der Waals surface area contributed by atoms with Gasteiger partial charge in [-0.3, -0.25) is 4.40 Å². The average Bonchev–Trinajstić information content (AvgIpc) is 3.16. The van der Waals surface area contributed by atoms with Crippen LogP contribution >= 0.6 is 0 Å². The van der Waals surface area contributed by atoms with Crippen LogP contribution in [0, 0.1) is 4.91 Å². The highest BCUT2D eigenvalue weighted by atomic mass is 16.4. The number of aryl methyl sites for hydroxylation is 2. The predicted octanol–water partition coefficient (Wildman–Crippen LogP) is 3.59. The summed E-state index contributed by atoms with van der Waals surface area (Å²) >= 11 is 0. The number of pyridine rings is 1. The summed E-state index contributed by atoms with van der Waals surface area (Å²) < 4.78 is 1.52. The van der Waals surface area contributed by atoms with Gasteiger partial charge in [0.2, 0.25) is 5.82 Å². The maximum absolute atomic E-state index is 11.3. The molecule has 1 N–H and O–H groups in total. The molecule has 1 aliphatic carbocycles. The van der Waals surface area contributed by atoms with Gasteiger partial charge in [-0.25, -0.2) is 9.78 Å². The minimum atomic E-state index is -1.03. The van der Waals surface area contributed by atoms with Gasteiger partial charge >= 0.3 is 5.97 Å². The Bertz CT molecular complexity index is 959. The van der Waals surface area contributed by atoms with Crippen LogP contribution in [0.2, 0.25) is 0 Å². The molecule has 0 atom stereocenters. The molecule has 0 unspecified atom stereocenters. The van der Waals surface area contributed by atoms with E-state index in [2.05, 4.69) is 22.3 Å². The summed E-state index contributed by atoms with van der Waals surface area (Å²) in [5.74, 6) is -0.843. The Balaban J connectivity index is 1.92. The molecule has 0 radical (unpaired) electrons. The number of benzene rings is 1. The molecule has 0 fully saturated rings. The van der Waals surface area contributed by atoms with Gasteiger partial charge in [0.05, 0.1) is 5.56 Å². The SMILES string of the molecule is O=Nc1c(-c2ccc3c(c2)CCC3)nc2cc(C(=O)O)ccn12. The van der Waals surface area contributed by atoms with Gasteiger partial charge in [-0.2, -0.15) is 0 Å². The van der Waals surface area contributed by atoms with Crippen LogP contribution in [-0.4, -0.2) is 20.5 Å². The first-order valence-corrected chi connectivity index (χ1v) is 7.38. The molecule has 2 aromatic heterocycles. The smallest absolute Gasteiger partial charge is 0.335 e. The molecule has 0 saturated carbocycles. The molecular formula is C17H13N3O3. The minimum Gasteiger partial charge on any atom is -0.478 e. The zero-order valence-electron chi connectivity index (χ0n) is 12.2. The van der Waals surface area contributed by atoms with E-state index in [1.54, 1.807) is 0 Å². The highest BCUT2D eigenvalue weighted by Gasteiger charge is 2.18. The fraction of sp³-hybridized carbons (Fsp3) is 0.176.